The lowest BCUT2D eigenvalue weighted by Crippen LogP contribution is -2.56. The second kappa shape index (κ2) is 7.38. The summed E-state index contributed by atoms with van der Waals surface area (Å²) in [7, 11) is 1.10. The number of likely N-dealkylation sites (N-methyl/N-ethyl adjacent to an activating group) is 1. The lowest BCUT2D eigenvalue weighted by atomic mass is 9.86. The molecule has 6 nitrogen and oxygen atoms in total. The molecular weight excluding hydrogens is 361 g/mol. The van der Waals surface area contributed by atoms with Crippen LogP contribution in [0.2, 0.25) is 0 Å². The molecule has 0 aromatic heterocycles. The zero-order valence-corrected chi connectivity index (χ0v) is 15.1. The smallest absolute Gasteiger partial charge is 0.339 e. The maximum absolute atomic E-state index is 13.2. The fraction of sp³-hybridized carbons (Fsp3) is 0.556. The summed E-state index contributed by atoms with van der Waals surface area (Å²) in [5, 5.41) is 3.23. The molecule has 0 atom stereocenters. The van der Waals surface area contributed by atoms with E-state index in [0.29, 0.717) is 30.8 Å². The Labute approximate surface area is 155 Å². The van der Waals surface area contributed by atoms with Gasteiger partial charge in [-0.25, -0.2) is 0 Å². The molecule has 27 heavy (non-hydrogen) atoms. The molecule has 0 aliphatic carbocycles. The van der Waals surface area contributed by atoms with Crippen LogP contribution >= 0.6 is 0 Å². The molecule has 2 aliphatic rings. The molecule has 2 amide bonds. The lowest BCUT2D eigenvalue weighted by Gasteiger charge is -2.40. The standard InChI is InChI=1S/C18H23F3N4O2/c1-23(12-18(19,20)21)15(26)11-24-13-25(14-5-3-2-4-6-14)17(16(24)27)7-9-22-10-8-17/h2-6,22H,7-13H2,1H3. The monoisotopic (exact) mass is 384 g/mol. The second-order valence-corrected chi connectivity index (χ2v) is 7.05. The number of nitrogens with one attached hydrogen (secondary N) is 1. The molecule has 0 bridgehead atoms. The van der Waals surface area contributed by atoms with E-state index in [1.165, 1.54) is 4.90 Å². The zero-order chi connectivity index (χ0) is 19.7. The van der Waals surface area contributed by atoms with Crippen molar-refractivity contribution in [2.24, 2.45) is 0 Å². The van der Waals surface area contributed by atoms with E-state index in [1.807, 2.05) is 35.2 Å². The number of hydrogen-bond donors (Lipinski definition) is 1. The highest BCUT2D eigenvalue weighted by Gasteiger charge is 2.53. The number of para-hydroxylation sites is 1. The molecule has 0 unspecified atom stereocenters. The minimum absolute atomic E-state index is 0.189. The van der Waals surface area contributed by atoms with Crippen molar-refractivity contribution in [2.75, 3.05) is 44.8 Å². The van der Waals surface area contributed by atoms with Crippen molar-refractivity contribution < 1.29 is 22.8 Å². The number of piperidine rings is 1. The van der Waals surface area contributed by atoms with E-state index in [2.05, 4.69) is 5.32 Å². The quantitative estimate of drug-likeness (QED) is 0.854. The normalized spacial score (nSPS) is 19.6. The van der Waals surface area contributed by atoms with Crippen LogP contribution < -0.4 is 10.2 Å². The minimum Gasteiger partial charge on any atom is -0.339 e. The molecule has 2 aliphatic heterocycles. The number of halogens is 3. The van der Waals surface area contributed by atoms with Gasteiger partial charge in [0.15, 0.2) is 0 Å². The van der Waals surface area contributed by atoms with E-state index in [-0.39, 0.29) is 19.1 Å². The van der Waals surface area contributed by atoms with E-state index in [1.54, 1.807) is 0 Å². The third-order valence-electron chi connectivity index (χ3n) is 5.18. The number of alkyl halides is 3. The number of amides is 2. The summed E-state index contributed by atoms with van der Waals surface area (Å²) in [5.74, 6) is -0.915. The predicted molar refractivity (Wildman–Crippen MR) is 94.0 cm³/mol. The maximum atomic E-state index is 13.2. The number of anilines is 1. The molecule has 2 heterocycles. The first kappa shape index (κ1) is 19.5. The predicted octanol–water partition coefficient (Wildman–Crippen LogP) is 1.44. The average molecular weight is 384 g/mol. The van der Waals surface area contributed by atoms with Crippen LogP contribution in [-0.4, -0.2) is 73.2 Å². The van der Waals surface area contributed by atoms with Crippen LogP contribution in [0.1, 0.15) is 12.8 Å². The highest BCUT2D eigenvalue weighted by Crippen LogP contribution is 2.38. The molecular formula is C18H23F3N4O2. The van der Waals surface area contributed by atoms with E-state index in [9.17, 15) is 22.8 Å². The molecule has 1 spiro atoms. The summed E-state index contributed by atoms with van der Waals surface area (Å²) >= 11 is 0. The number of benzene rings is 1. The largest absolute Gasteiger partial charge is 0.406 e. The van der Waals surface area contributed by atoms with Gasteiger partial charge in [-0.05, 0) is 38.1 Å². The second-order valence-electron chi connectivity index (χ2n) is 7.05. The van der Waals surface area contributed by atoms with Crippen molar-refractivity contribution >= 4 is 17.5 Å². The van der Waals surface area contributed by atoms with Crippen molar-refractivity contribution in [2.45, 2.75) is 24.6 Å². The summed E-state index contributed by atoms with van der Waals surface area (Å²) in [6, 6.07) is 9.43. The number of carbonyl (C=O) groups is 2. The van der Waals surface area contributed by atoms with Gasteiger partial charge in [-0.15, -0.1) is 0 Å². The average Bonchev–Trinajstić information content (AvgIpc) is 2.87. The summed E-state index contributed by atoms with van der Waals surface area (Å²) in [6.45, 7) is -0.153. The first-order chi connectivity index (χ1) is 12.7. The highest BCUT2D eigenvalue weighted by molar-refractivity contribution is 5.96. The van der Waals surface area contributed by atoms with E-state index in [4.69, 9.17) is 0 Å². The molecule has 2 fully saturated rings. The zero-order valence-electron chi connectivity index (χ0n) is 15.1. The van der Waals surface area contributed by atoms with Crippen LogP contribution in [-0.2, 0) is 9.59 Å². The number of hydrogen-bond acceptors (Lipinski definition) is 4. The molecule has 1 aromatic rings. The fourth-order valence-electron chi connectivity index (χ4n) is 3.80. The van der Waals surface area contributed by atoms with Crippen LogP contribution in [0.5, 0.6) is 0 Å². The Balaban J connectivity index is 1.80. The van der Waals surface area contributed by atoms with Crippen molar-refractivity contribution in [3.05, 3.63) is 30.3 Å². The van der Waals surface area contributed by atoms with Crippen LogP contribution in [0.4, 0.5) is 18.9 Å². The maximum Gasteiger partial charge on any atom is 0.406 e. The van der Waals surface area contributed by atoms with Gasteiger partial charge in [0.2, 0.25) is 11.8 Å². The topological polar surface area (TPSA) is 55.9 Å². The molecule has 2 saturated heterocycles. The Morgan fingerprint density at radius 3 is 2.44 bits per heavy atom. The fourth-order valence-corrected chi connectivity index (χ4v) is 3.80. The van der Waals surface area contributed by atoms with E-state index in [0.717, 1.165) is 12.7 Å². The third kappa shape index (κ3) is 4.02. The van der Waals surface area contributed by atoms with Crippen LogP contribution in [0.3, 0.4) is 0 Å². The Morgan fingerprint density at radius 2 is 1.85 bits per heavy atom. The Hall–Kier alpha value is -2.29. The molecule has 1 aromatic carbocycles. The first-order valence-corrected chi connectivity index (χ1v) is 8.86. The van der Waals surface area contributed by atoms with Gasteiger partial charge in [0.05, 0.1) is 6.67 Å². The minimum atomic E-state index is -4.47. The molecule has 3 rings (SSSR count). The molecule has 9 heteroatoms. The van der Waals surface area contributed by atoms with Crippen LogP contribution in [0.15, 0.2) is 30.3 Å². The van der Waals surface area contributed by atoms with Gasteiger partial charge in [0.1, 0.15) is 18.6 Å². The van der Waals surface area contributed by atoms with Gasteiger partial charge in [0, 0.05) is 12.7 Å². The molecule has 0 radical (unpaired) electrons. The van der Waals surface area contributed by atoms with Gasteiger partial charge in [0.25, 0.3) is 0 Å². The van der Waals surface area contributed by atoms with Crippen LogP contribution in [0, 0.1) is 0 Å². The Morgan fingerprint density at radius 1 is 1.22 bits per heavy atom. The molecule has 0 saturated carbocycles. The van der Waals surface area contributed by atoms with Crippen LogP contribution in [0.25, 0.3) is 0 Å². The summed E-state index contributed by atoms with van der Waals surface area (Å²) < 4.78 is 37.6. The molecule has 148 valence electrons. The first-order valence-electron chi connectivity index (χ1n) is 8.86. The summed E-state index contributed by atoms with van der Waals surface area (Å²) in [6.07, 6.45) is -3.29. The summed E-state index contributed by atoms with van der Waals surface area (Å²) in [5.41, 5.74) is 0.113. The van der Waals surface area contributed by atoms with E-state index < -0.39 is 24.2 Å². The van der Waals surface area contributed by atoms with Gasteiger partial charge in [-0.2, -0.15) is 13.2 Å². The third-order valence-corrected chi connectivity index (χ3v) is 5.18. The van der Waals surface area contributed by atoms with Crippen molar-refractivity contribution in [3.63, 3.8) is 0 Å². The Kier molecular flexibility index (Phi) is 5.32. The van der Waals surface area contributed by atoms with E-state index >= 15 is 0 Å². The number of nitrogens with zero attached hydrogens (tertiary/aromatic N) is 3. The van der Waals surface area contributed by atoms with Crippen molar-refractivity contribution in [1.29, 1.82) is 0 Å². The number of rotatable bonds is 4. The number of carbonyl (C=O) groups excluding carboxylic acids is 2. The van der Waals surface area contributed by atoms with Gasteiger partial charge >= 0.3 is 6.18 Å². The Bertz CT molecular complexity index is 690. The lowest BCUT2D eigenvalue weighted by molar-refractivity contribution is -0.159. The van der Waals surface area contributed by atoms with Crippen molar-refractivity contribution in [3.8, 4) is 0 Å². The van der Waals surface area contributed by atoms with Gasteiger partial charge in [-0.3, -0.25) is 9.59 Å². The molecule has 1 N–H and O–H groups in total. The van der Waals surface area contributed by atoms with Gasteiger partial charge < -0.3 is 20.0 Å². The highest BCUT2D eigenvalue weighted by atomic mass is 19.4. The summed E-state index contributed by atoms with van der Waals surface area (Å²) in [4.78, 5) is 29.4. The van der Waals surface area contributed by atoms with Crippen molar-refractivity contribution in [1.82, 2.24) is 15.1 Å². The SMILES string of the molecule is CN(CC(F)(F)F)C(=O)CN1CN(c2ccccc2)C2(CCNCC2)C1=O. The van der Waals surface area contributed by atoms with Gasteiger partial charge in [-0.1, -0.05) is 18.2 Å².